The van der Waals surface area contributed by atoms with Gasteiger partial charge in [-0.1, -0.05) is 18.2 Å². The van der Waals surface area contributed by atoms with Gasteiger partial charge in [0.05, 0.1) is 1.37 Å². The van der Waals surface area contributed by atoms with E-state index in [1.54, 1.807) is 18.2 Å². The number of rotatable bonds is 1. The molecular formula is C13H12N2O3. The monoisotopic (exact) mass is 245 g/mol. The van der Waals surface area contributed by atoms with E-state index in [4.69, 9.17) is 1.37 Å². The summed E-state index contributed by atoms with van der Waals surface area (Å²) in [5, 5.41) is 2.25. The number of carbonyl (C=O) groups is 3. The number of nitrogens with one attached hydrogen (secondary N) is 1. The SMILES string of the molecule is [2H]c1cccc2c1CN(C1CCC(=O)NC1=O)C2=O. The van der Waals surface area contributed by atoms with Crippen LogP contribution in [0.15, 0.2) is 24.2 Å². The molecule has 1 fully saturated rings. The van der Waals surface area contributed by atoms with Crippen LogP contribution < -0.4 is 5.32 Å². The van der Waals surface area contributed by atoms with E-state index in [1.807, 2.05) is 0 Å². The lowest BCUT2D eigenvalue weighted by Crippen LogP contribution is -2.52. The van der Waals surface area contributed by atoms with Crippen molar-refractivity contribution >= 4 is 17.7 Å². The van der Waals surface area contributed by atoms with E-state index in [9.17, 15) is 14.4 Å². The summed E-state index contributed by atoms with van der Waals surface area (Å²) in [4.78, 5) is 36.6. The second-order valence-corrected chi connectivity index (χ2v) is 4.46. The molecule has 18 heavy (non-hydrogen) atoms. The lowest BCUT2D eigenvalue weighted by molar-refractivity contribution is -0.136. The van der Waals surface area contributed by atoms with Gasteiger partial charge < -0.3 is 4.90 Å². The van der Waals surface area contributed by atoms with Gasteiger partial charge in [0, 0.05) is 18.5 Å². The van der Waals surface area contributed by atoms with E-state index in [0.29, 0.717) is 23.6 Å². The minimum atomic E-state index is -0.614. The van der Waals surface area contributed by atoms with Crippen molar-refractivity contribution in [1.29, 1.82) is 0 Å². The van der Waals surface area contributed by atoms with Crippen molar-refractivity contribution in [1.82, 2.24) is 10.2 Å². The first-order valence-electron chi connectivity index (χ1n) is 6.31. The molecule has 2 aliphatic rings. The van der Waals surface area contributed by atoms with Crippen molar-refractivity contribution in [3.63, 3.8) is 0 Å². The minimum absolute atomic E-state index is 0.237. The molecule has 0 aliphatic carbocycles. The molecule has 1 unspecified atom stereocenters. The molecule has 3 rings (SSSR count). The predicted molar refractivity (Wildman–Crippen MR) is 62.5 cm³/mol. The van der Waals surface area contributed by atoms with E-state index in [0.717, 1.165) is 0 Å². The Balaban J connectivity index is 1.90. The van der Waals surface area contributed by atoms with Crippen molar-refractivity contribution in [3.05, 3.63) is 35.4 Å². The molecule has 1 atom stereocenters. The molecule has 0 spiro atoms. The van der Waals surface area contributed by atoms with Gasteiger partial charge in [-0.2, -0.15) is 0 Å². The predicted octanol–water partition coefficient (Wildman–Crippen LogP) is 0.448. The number of benzene rings is 1. The van der Waals surface area contributed by atoms with Gasteiger partial charge in [0.15, 0.2) is 0 Å². The number of imide groups is 1. The number of nitrogens with zero attached hydrogens (tertiary/aromatic N) is 1. The molecule has 0 bridgehead atoms. The van der Waals surface area contributed by atoms with Crippen LogP contribution in [0.25, 0.3) is 0 Å². The summed E-state index contributed by atoms with van der Waals surface area (Å²) in [6.45, 7) is 0.264. The molecule has 1 saturated heterocycles. The lowest BCUT2D eigenvalue weighted by atomic mass is 10.0. The minimum Gasteiger partial charge on any atom is -0.322 e. The van der Waals surface area contributed by atoms with E-state index in [1.165, 1.54) is 4.90 Å². The highest BCUT2D eigenvalue weighted by molar-refractivity contribution is 6.05. The van der Waals surface area contributed by atoms with E-state index >= 15 is 0 Å². The van der Waals surface area contributed by atoms with Crippen LogP contribution in [0.2, 0.25) is 0 Å². The van der Waals surface area contributed by atoms with Gasteiger partial charge in [-0.15, -0.1) is 0 Å². The van der Waals surface area contributed by atoms with Crippen molar-refractivity contribution in [2.24, 2.45) is 0 Å². The van der Waals surface area contributed by atoms with Gasteiger partial charge in [0.25, 0.3) is 5.91 Å². The maximum absolute atomic E-state index is 12.3. The van der Waals surface area contributed by atoms with Crippen molar-refractivity contribution in [2.75, 3.05) is 0 Å². The summed E-state index contributed by atoms with van der Waals surface area (Å²) in [5.41, 5.74) is 1.13. The van der Waals surface area contributed by atoms with Crippen LogP contribution in [0.5, 0.6) is 0 Å². The highest BCUT2D eigenvalue weighted by atomic mass is 16.2. The Morgan fingerprint density at radius 1 is 1.33 bits per heavy atom. The van der Waals surface area contributed by atoms with E-state index in [-0.39, 0.29) is 24.8 Å². The van der Waals surface area contributed by atoms with Gasteiger partial charge >= 0.3 is 0 Å². The normalized spacial score (nSPS) is 23.8. The third-order valence-electron chi connectivity index (χ3n) is 3.35. The quantitative estimate of drug-likeness (QED) is 0.730. The second kappa shape index (κ2) is 3.94. The number of fused-ring (bicyclic) bond motifs is 1. The fourth-order valence-corrected chi connectivity index (χ4v) is 2.43. The molecule has 0 aromatic heterocycles. The van der Waals surface area contributed by atoms with Gasteiger partial charge in [0.1, 0.15) is 6.04 Å². The van der Waals surface area contributed by atoms with Crippen molar-refractivity contribution in [2.45, 2.75) is 25.4 Å². The van der Waals surface area contributed by atoms with Gasteiger partial charge in [-0.05, 0) is 18.1 Å². The Labute approximate surface area is 105 Å². The van der Waals surface area contributed by atoms with Gasteiger partial charge in [0.2, 0.25) is 11.8 Å². The molecule has 92 valence electrons. The topological polar surface area (TPSA) is 66.5 Å². The van der Waals surface area contributed by atoms with Gasteiger partial charge in [-0.25, -0.2) is 0 Å². The Morgan fingerprint density at radius 2 is 2.17 bits per heavy atom. The first kappa shape index (κ1) is 9.82. The maximum Gasteiger partial charge on any atom is 0.255 e. The summed E-state index contributed by atoms with van der Waals surface area (Å²) >= 11 is 0. The van der Waals surface area contributed by atoms with Crippen LogP contribution in [-0.2, 0) is 16.1 Å². The first-order chi connectivity index (χ1) is 9.08. The highest BCUT2D eigenvalue weighted by Crippen LogP contribution is 2.26. The fourth-order valence-electron chi connectivity index (χ4n) is 2.43. The molecular weight excluding hydrogens is 232 g/mol. The van der Waals surface area contributed by atoms with Crippen LogP contribution in [-0.4, -0.2) is 28.7 Å². The zero-order valence-electron chi connectivity index (χ0n) is 10.6. The third kappa shape index (κ3) is 1.59. The van der Waals surface area contributed by atoms with Crippen molar-refractivity contribution < 1.29 is 15.8 Å². The van der Waals surface area contributed by atoms with Crippen LogP contribution in [0.1, 0.15) is 30.1 Å². The molecule has 1 aromatic rings. The Kier molecular flexibility index (Phi) is 2.15. The highest BCUT2D eigenvalue weighted by Gasteiger charge is 2.38. The molecule has 5 nitrogen and oxygen atoms in total. The largest absolute Gasteiger partial charge is 0.322 e. The maximum atomic E-state index is 12.3. The number of hydrogen-bond donors (Lipinski definition) is 1. The average molecular weight is 245 g/mol. The standard InChI is InChI=1S/C13H12N2O3/c16-11-6-5-10(12(17)14-11)15-7-8-3-1-2-4-9(8)13(15)18/h1-4,10H,5-7H2,(H,14,16,17)/i3D. The summed E-state index contributed by atoms with van der Waals surface area (Å²) in [7, 11) is 0. The smallest absolute Gasteiger partial charge is 0.255 e. The van der Waals surface area contributed by atoms with E-state index < -0.39 is 11.9 Å². The second-order valence-electron chi connectivity index (χ2n) is 4.46. The van der Waals surface area contributed by atoms with Crippen LogP contribution in [0.3, 0.4) is 0 Å². The first-order valence-corrected chi connectivity index (χ1v) is 5.81. The molecule has 0 radical (unpaired) electrons. The van der Waals surface area contributed by atoms with Crippen LogP contribution >= 0.6 is 0 Å². The zero-order chi connectivity index (χ0) is 13.6. The molecule has 3 amide bonds. The Morgan fingerprint density at radius 3 is 2.89 bits per heavy atom. The summed E-state index contributed by atoms with van der Waals surface area (Å²) in [6.07, 6.45) is 0.585. The lowest BCUT2D eigenvalue weighted by Gasteiger charge is -2.29. The summed E-state index contributed by atoms with van der Waals surface area (Å²) in [5.74, 6) is -0.964. The molecule has 1 N–H and O–H groups in total. The molecule has 0 saturated carbocycles. The molecule has 2 aliphatic heterocycles. The molecule has 2 heterocycles. The Hall–Kier alpha value is -2.17. The number of hydrogen-bond acceptors (Lipinski definition) is 3. The molecule has 5 heteroatoms. The van der Waals surface area contributed by atoms with E-state index in [2.05, 4.69) is 5.32 Å². The molecule has 1 aromatic carbocycles. The fraction of sp³-hybridized carbons (Fsp3) is 0.308. The average Bonchev–Trinajstić information content (AvgIpc) is 2.69. The number of piperidine rings is 1. The zero-order valence-corrected chi connectivity index (χ0v) is 9.60. The number of amides is 3. The summed E-state index contributed by atoms with van der Waals surface area (Å²) < 4.78 is 7.79. The van der Waals surface area contributed by atoms with Gasteiger partial charge in [-0.3, -0.25) is 19.7 Å². The summed E-state index contributed by atoms with van der Waals surface area (Å²) in [6, 6.07) is 4.65. The van der Waals surface area contributed by atoms with Crippen LogP contribution in [0, 0.1) is 0 Å². The number of carbonyl (C=O) groups excluding carboxylic acids is 3. The third-order valence-corrected chi connectivity index (χ3v) is 3.35. The van der Waals surface area contributed by atoms with Crippen LogP contribution in [0.4, 0.5) is 0 Å². The Bertz CT molecular complexity index is 600. The van der Waals surface area contributed by atoms with Crippen molar-refractivity contribution in [3.8, 4) is 0 Å².